The summed E-state index contributed by atoms with van der Waals surface area (Å²) >= 11 is 0. The summed E-state index contributed by atoms with van der Waals surface area (Å²) in [6.07, 6.45) is 9.41. The van der Waals surface area contributed by atoms with Crippen LogP contribution in [0.3, 0.4) is 0 Å². The average Bonchev–Trinajstić information content (AvgIpc) is 2.35. The average molecular weight is 279 g/mol. The Morgan fingerprint density at radius 3 is 2.10 bits per heavy atom. The van der Waals surface area contributed by atoms with Crippen molar-refractivity contribution in [1.29, 1.82) is 0 Å². The van der Waals surface area contributed by atoms with Gasteiger partial charge in [-0.1, -0.05) is 29.4 Å². The van der Waals surface area contributed by atoms with Gasteiger partial charge in [-0.15, -0.1) is 0 Å². The Morgan fingerprint density at radius 1 is 1.00 bits per heavy atom. The van der Waals surface area contributed by atoms with Crippen LogP contribution in [-0.2, 0) is 4.79 Å². The molecule has 0 saturated carbocycles. The zero-order valence-corrected chi connectivity index (χ0v) is 13.6. The third-order valence-corrected chi connectivity index (χ3v) is 3.02. The lowest BCUT2D eigenvalue weighted by molar-refractivity contribution is -0.124. The lowest BCUT2D eigenvalue weighted by atomic mass is 10.0. The summed E-state index contributed by atoms with van der Waals surface area (Å²) in [5.41, 5.74) is 3.32. The minimum Gasteiger partial charge on any atom is -0.392 e. The fourth-order valence-electron chi connectivity index (χ4n) is 1.83. The zero-order valence-electron chi connectivity index (χ0n) is 13.6. The molecule has 20 heavy (non-hydrogen) atoms. The summed E-state index contributed by atoms with van der Waals surface area (Å²) in [7, 11) is 3.57. The largest absolute Gasteiger partial charge is 0.392 e. The van der Waals surface area contributed by atoms with Crippen LogP contribution in [0.2, 0.25) is 0 Å². The number of allylic oxidation sites excluding steroid dienone is 4. The molecule has 0 aliphatic heterocycles. The summed E-state index contributed by atoms with van der Waals surface area (Å²) in [6, 6.07) is 0. The highest BCUT2D eigenvalue weighted by Gasteiger charge is 2.10. The highest BCUT2D eigenvalue weighted by Crippen LogP contribution is 2.13. The van der Waals surface area contributed by atoms with E-state index in [0.29, 0.717) is 0 Å². The maximum atomic E-state index is 12.1. The Kier molecular flexibility index (Phi) is 9.73. The van der Waals surface area contributed by atoms with Gasteiger partial charge in [0.05, 0.1) is 6.61 Å². The Labute approximate surface area is 123 Å². The second kappa shape index (κ2) is 10.4. The fraction of sp³-hybridized carbons (Fsp3) is 0.588. The first-order valence-corrected chi connectivity index (χ1v) is 7.19. The van der Waals surface area contributed by atoms with Gasteiger partial charge < -0.3 is 10.0 Å². The molecule has 3 nitrogen and oxygen atoms in total. The fourth-order valence-corrected chi connectivity index (χ4v) is 1.83. The van der Waals surface area contributed by atoms with Gasteiger partial charge in [-0.25, -0.2) is 0 Å². The van der Waals surface area contributed by atoms with Crippen LogP contribution in [0.15, 0.2) is 34.9 Å². The van der Waals surface area contributed by atoms with E-state index in [2.05, 4.69) is 19.9 Å². The summed E-state index contributed by atoms with van der Waals surface area (Å²) in [6.45, 7) is 6.22. The van der Waals surface area contributed by atoms with Crippen molar-refractivity contribution in [3.05, 3.63) is 34.9 Å². The van der Waals surface area contributed by atoms with E-state index in [-0.39, 0.29) is 12.5 Å². The van der Waals surface area contributed by atoms with Crippen LogP contribution in [0, 0.1) is 0 Å². The predicted octanol–water partition coefficient (Wildman–Crippen LogP) is 3.47. The number of nitrogens with zero attached hydrogens (tertiary/aromatic N) is 1. The van der Waals surface area contributed by atoms with Crippen molar-refractivity contribution in [3.8, 4) is 0 Å². The van der Waals surface area contributed by atoms with Crippen LogP contribution in [0.25, 0.3) is 0 Å². The Hall–Kier alpha value is -1.35. The molecule has 0 radical (unpaired) electrons. The molecule has 0 heterocycles. The Bertz CT molecular complexity index is 386. The van der Waals surface area contributed by atoms with Gasteiger partial charge in [0.2, 0.25) is 5.91 Å². The zero-order chi connectivity index (χ0) is 15.5. The van der Waals surface area contributed by atoms with E-state index in [4.69, 9.17) is 5.11 Å². The number of amides is 1. The molecule has 114 valence electrons. The van der Waals surface area contributed by atoms with E-state index in [0.717, 1.165) is 36.8 Å². The van der Waals surface area contributed by atoms with Gasteiger partial charge in [-0.2, -0.15) is 0 Å². The third kappa shape index (κ3) is 8.70. The molecule has 0 aliphatic rings. The first kappa shape index (κ1) is 18.7. The Balaban J connectivity index is 4.63. The van der Waals surface area contributed by atoms with Gasteiger partial charge in [-0.05, 0) is 46.5 Å². The predicted molar refractivity (Wildman–Crippen MR) is 85.5 cm³/mol. The second-order valence-electron chi connectivity index (χ2n) is 5.52. The standard InChI is InChI=1S/C17H29NO2/c1-14(2)8-6-10-16(17(20)18(4)5)11-7-9-15(3)12-13-19/h8,11-12,19H,6-7,9-10,13H2,1-5H3. The monoisotopic (exact) mass is 279 g/mol. The van der Waals surface area contributed by atoms with Gasteiger partial charge >= 0.3 is 0 Å². The molecule has 0 aromatic heterocycles. The van der Waals surface area contributed by atoms with Crippen LogP contribution in [0.4, 0.5) is 0 Å². The van der Waals surface area contributed by atoms with Crippen molar-refractivity contribution < 1.29 is 9.90 Å². The van der Waals surface area contributed by atoms with Gasteiger partial charge in [0.1, 0.15) is 0 Å². The molecule has 0 spiro atoms. The summed E-state index contributed by atoms with van der Waals surface area (Å²) < 4.78 is 0. The summed E-state index contributed by atoms with van der Waals surface area (Å²) in [5, 5.41) is 8.82. The van der Waals surface area contributed by atoms with Crippen molar-refractivity contribution in [1.82, 2.24) is 4.90 Å². The molecule has 0 saturated heterocycles. The molecular formula is C17H29NO2. The minimum atomic E-state index is 0.0829. The molecular weight excluding hydrogens is 250 g/mol. The van der Waals surface area contributed by atoms with E-state index in [1.165, 1.54) is 5.57 Å². The van der Waals surface area contributed by atoms with Crippen molar-refractivity contribution in [3.63, 3.8) is 0 Å². The lowest BCUT2D eigenvalue weighted by Gasteiger charge is -2.13. The first-order chi connectivity index (χ1) is 9.38. The normalized spacial score (nSPS) is 12.3. The van der Waals surface area contributed by atoms with Crippen molar-refractivity contribution >= 4 is 5.91 Å². The van der Waals surface area contributed by atoms with Crippen molar-refractivity contribution in [2.75, 3.05) is 20.7 Å². The van der Waals surface area contributed by atoms with Gasteiger partial charge in [-0.3, -0.25) is 4.79 Å². The van der Waals surface area contributed by atoms with Crippen LogP contribution >= 0.6 is 0 Å². The number of hydrogen-bond donors (Lipinski definition) is 1. The summed E-state index contributed by atoms with van der Waals surface area (Å²) in [4.78, 5) is 13.7. The van der Waals surface area contributed by atoms with E-state index in [9.17, 15) is 4.79 Å². The molecule has 0 unspecified atom stereocenters. The highest BCUT2D eigenvalue weighted by molar-refractivity contribution is 5.93. The molecule has 1 N–H and O–H groups in total. The van der Waals surface area contributed by atoms with E-state index < -0.39 is 0 Å². The number of rotatable bonds is 8. The van der Waals surface area contributed by atoms with E-state index >= 15 is 0 Å². The molecule has 0 bridgehead atoms. The molecule has 0 aliphatic carbocycles. The van der Waals surface area contributed by atoms with Crippen molar-refractivity contribution in [2.45, 2.75) is 46.5 Å². The van der Waals surface area contributed by atoms with Gasteiger partial charge in [0.15, 0.2) is 0 Å². The van der Waals surface area contributed by atoms with E-state index in [1.807, 2.05) is 19.1 Å². The van der Waals surface area contributed by atoms with Gasteiger partial charge in [0, 0.05) is 19.7 Å². The number of carbonyl (C=O) groups is 1. The molecule has 0 rings (SSSR count). The molecule has 0 aromatic rings. The smallest absolute Gasteiger partial charge is 0.248 e. The third-order valence-electron chi connectivity index (χ3n) is 3.02. The number of likely N-dealkylation sites (N-methyl/N-ethyl adjacent to an activating group) is 1. The first-order valence-electron chi connectivity index (χ1n) is 7.19. The van der Waals surface area contributed by atoms with Gasteiger partial charge in [0.25, 0.3) is 0 Å². The second-order valence-corrected chi connectivity index (χ2v) is 5.52. The van der Waals surface area contributed by atoms with Crippen LogP contribution < -0.4 is 0 Å². The van der Waals surface area contributed by atoms with E-state index in [1.54, 1.807) is 19.0 Å². The van der Waals surface area contributed by atoms with Crippen molar-refractivity contribution in [2.24, 2.45) is 0 Å². The lowest BCUT2D eigenvalue weighted by Crippen LogP contribution is -2.23. The highest BCUT2D eigenvalue weighted by atomic mass is 16.2. The maximum absolute atomic E-state index is 12.1. The molecule has 3 heteroatoms. The topological polar surface area (TPSA) is 40.5 Å². The SMILES string of the molecule is CC(C)=CCCC(=CCCC(C)=CCO)C(=O)N(C)C. The molecule has 0 fully saturated rings. The number of carbonyl (C=O) groups excluding carboxylic acids is 1. The molecule has 0 atom stereocenters. The number of aliphatic hydroxyl groups excluding tert-OH is 1. The van der Waals surface area contributed by atoms with Crippen LogP contribution in [0.1, 0.15) is 46.5 Å². The molecule has 1 amide bonds. The minimum absolute atomic E-state index is 0.0829. The number of aliphatic hydroxyl groups is 1. The number of hydrogen-bond acceptors (Lipinski definition) is 2. The Morgan fingerprint density at radius 2 is 1.60 bits per heavy atom. The summed E-state index contributed by atoms with van der Waals surface area (Å²) in [5.74, 6) is 0.0935. The maximum Gasteiger partial charge on any atom is 0.248 e. The quantitative estimate of drug-likeness (QED) is 0.546. The van der Waals surface area contributed by atoms with Crippen LogP contribution in [-0.4, -0.2) is 36.6 Å². The molecule has 0 aromatic carbocycles. The van der Waals surface area contributed by atoms with Crippen LogP contribution in [0.5, 0.6) is 0 Å².